The smallest absolute Gasteiger partial charge is 0.489 e. The first-order valence-electron chi connectivity index (χ1n) is 18.1. The maximum Gasteiger partial charge on any atom is 0.573 e. The van der Waals surface area contributed by atoms with Crippen molar-refractivity contribution in [2.24, 2.45) is 0 Å². The van der Waals surface area contributed by atoms with E-state index in [2.05, 4.69) is 4.74 Å². The van der Waals surface area contributed by atoms with Gasteiger partial charge in [0.25, 0.3) is 6.47 Å². The first-order chi connectivity index (χ1) is 26.9. The van der Waals surface area contributed by atoms with Gasteiger partial charge in [0.1, 0.15) is 18.1 Å². The van der Waals surface area contributed by atoms with E-state index in [0.29, 0.717) is 60.5 Å². The Balaban J connectivity index is 1.36. The number of likely N-dealkylation sites (tertiary alicyclic amines) is 1. The van der Waals surface area contributed by atoms with Gasteiger partial charge in [0.2, 0.25) is 0 Å². The maximum absolute atomic E-state index is 13.8. The van der Waals surface area contributed by atoms with E-state index in [1.807, 2.05) is 88.5 Å². The van der Waals surface area contributed by atoms with E-state index in [4.69, 9.17) is 9.47 Å². The highest BCUT2D eigenvalue weighted by molar-refractivity contribution is 5.87. The van der Waals surface area contributed by atoms with Gasteiger partial charge in [-0.05, 0) is 83.5 Å². The highest BCUT2D eigenvalue weighted by atomic mass is 19.4. The number of rotatable bonds is 13. The van der Waals surface area contributed by atoms with Gasteiger partial charge in [-0.1, -0.05) is 78.9 Å². The molecule has 0 N–H and O–H groups in total. The number of hydrogen-bond donors (Lipinski definition) is 0. The molecule has 12 heteroatoms. The van der Waals surface area contributed by atoms with Crippen molar-refractivity contribution in [3.63, 3.8) is 0 Å². The molecule has 7 rings (SSSR count). The van der Waals surface area contributed by atoms with Crippen molar-refractivity contribution in [1.82, 2.24) is 9.47 Å². The number of fused-ring (bicyclic) bond motifs is 1. The molecule has 1 atom stereocenters. The monoisotopic (exact) mass is 772 g/mol. The molecule has 0 saturated carbocycles. The van der Waals surface area contributed by atoms with Crippen molar-refractivity contribution < 1.29 is 45.3 Å². The number of benzene rings is 5. The summed E-state index contributed by atoms with van der Waals surface area (Å²) in [5, 5.41) is 0.719. The lowest BCUT2D eigenvalue weighted by Gasteiger charge is -2.24. The van der Waals surface area contributed by atoms with Crippen LogP contribution in [0.1, 0.15) is 51.8 Å². The molecule has 1 aliphatic heterocycles. The molecule has 6 aromatic rings. The number of halogens is 6. The van der Waals surface area contributed by atoms with Crippen molar-refractivity contribution in [3.05, 3.63) is 154 Å². The minimum absolute atomic E-state index is 0.0488. The van der Waals surface area contributed by atoms with Gasteiger partial charge in [-0.3, -0.25) is 9.69 Å². The van der Waals surface area contributed by atoms with Gasteiger partial charge in [-0.25, -0.2) is 0 Å². The molecule has 1 fully saturated rings. The van der Waals surface area contributed by atoms with Gasteiger partial charge >= 0.3 is 12.5 Å². The minimum Gasteiger partial charge on any atom is -0.489 e. The van der Waals surface area contributed by atoms with Crippen LogP contribution in [0.25, 0.3) is 22.0 Å². The van der Waals surface area contributed by atoms with Gasteiger partial charge in [-0.15, -0.1) is 13.2 Å². The molecule has 2 heterocycles. The molecule has 1 aliphatic rings. The molecule has 5 aromatic carbocycles. The maximum atomic E-state index is 13.8. The third-order valence-electron chi connectivity index (χ3n) is 10.1. The molecule has 0 aliphatic carbocycles. The fourth-order valence-corrected chi connectivity index (χ4v) is 7.40. The van der Waals surface area contributed by atoms with Crippen LogP contribution in [0.15, 0.2) is 115 Å². The second-order valence-electron chi connectivity index (χ2n) is 13.8. The van der Waals surface area contributed by atoms with Crippen LogP contribution < -0.4 is 9.47 Å². The van der Waals surface area contributed by atoms with E-state index < -0.39 is 24.3 Å². The van der Waals surface area contributed by atoms with Crippen LogP contribution in [0.5, 0.6) is 11.5 Å². The van der Waals surface area contributed by atoms with E-state index in [0.717, 1.165) is 51.7 Å². The van der Waals surface area contributed by atoms with E-state index in [1.165, 1.54) is 18.2 Å². The van der Waals surface area contributed by atoms with E-state index in [-0.39, 0.29) is 18.8 Å². The average molecular weight is 773 g/mol. The number of alkyl halides is 6. The summed E-state index contributed by atoms with van der Waals surface area (Å²) in [6.45, 7) is 3.62. The lowest BCUT2D eigenvalue weighted by Crippen LogP contribution is -2.31. The Morgan fingerprint density at radius 2 is 1.50 bits per heavy atom. The molecular weight excluding hydrogens is 734 g/mol. The van der Waals surface area contributed by atoms with Crippen molar-refractivity contribution in [3.8, 4) is 22.6 Å². The van der Waals surface area contributed by atoms with Crippen LogP contribution in [0.4, 0.5) is 26.3 Å². The van der Waals surface area contributed by atoms with Crippen molar-refractivity contribution in [2.75, 3.05) is 6.54 Å². The largest absolute Gasteiger partial charge is 0.573 e. The Morgan fingerprint density at radius 3 is 2.18 bits per heavy atom. The molecule has 290 valence electrons. The summed E-state index contributed by atoms with van der Waals surface area (Å²) in [5.74, 6) is 0.138. The standard InChI is InChI=1S/C44H38F6N2O4/c1-29-36(32-11-6-3-7-12-32)18-19-40(56-44(48,49)50)37(29)21-33-25-52(24-30-9-4-2-5-10-30)39-22-34(26-51-20-8-13-42(51)55-28-53)41(23-38(33)39)54-27-31-14-16-35(17-15-31)43(45,46)47/h2-7,9-12,14-19,22-23,25,28,42H,8,13,20-21,24,26-27H2,1H3/t42-/m1/s1. The highest BCUT2D eigenvalue weighted by Gasteiger charge is 2.33. The Morgan fingerprint density at radius 1 is 0.786 bits per heavy atom. The molecule has 6 nitrogen and oxygen atoms in total. The van der Waals surface area contributed by atoms with Crippen LogP contribution in [0.3, 0.4) is 0 Å². The number of carbonyl (C=O) groups excluding carboxylic acids is 1. The molecular formula is C44H38F6N2O4. The van der Waals surface area contributed by atoms with Gasteiger partial charge in [0, 0.05) is 54.3 Å². The van der Waals surface area contributed by atoms with Gasteiger partial charge < -0.3 is 18.8 Å². The quantitative estimate of drug-likeness (QED) is 0.0864. The minimum atomic E-state index is -4.92. The Bertz CT molecular complexity index is 2290. The topological polar surface area (TPSA) is 52.9 Å². The number of carbonyl (C=O) groups is 1. The predicted octanol–water partition coefficient (Wildman–Crippen LogP) is 10.8. The number of aromatic nitrogens is 1. The summed E-state index contributed by atoms with van der Waals surface area (Å²) in [5.41, 5.74) is 5.60. The van der Waals surface area contributed by atoms with E-state index in [1.54, 1.807) is 13.0 Å². The summed E-state index contributed by atoms with van der Waals surface area (Å²) in [4.78, 5) is 13.3. The first-order valence-corrected chi connectivity index (χ1v) is 18.1. The third kappa shape index (κ3) is 8.86. The number of ether oxygens (including phenoxy) is 3. The normalized spacial score (nSPS) is 14.9. The zero-order valence-corrected chi connectivity index (χ0v) is 30.4. The molecule has 56 heavy (non-hydrogen) atoms. The van der Waals surface area contributed by atoms with Crippen LogP contribution >= 0.6 is 0 Å². The highest BCUT2D eigenvalue weighted by Crippen LogP contribution is 2.39. The number of nitrogens with zero attached hydrogens (tertiary/aromatic N) is 2. The second-order valence-corrected chi connectivity index (χ2v) is 13.8. The molecule has 0 radical (unpaired) electrons. The molecule has 0 bridgehead atoms. The zero-order valence-electron chi connectivity index (χ0n) is 30.4. The van der Waals surface area contributed by atoms with Crippen molar-refractivity contribution in [2.45, 2.75) is 64.6 Å². The Kier molecular flexibility index (Phi) is 11.1. The first kappa shape index (κ1) is 38.5. The SMILES string of the molecule is Cc1c(-c2ccccc2)ccc(OC(F)(F)F)c1Cc1cn(Cc2ccccc2)c2cc(CN3CCC[C@H]3OC=O)c(OCc3ccc(C(F)(F)F)cc3)cc12. The zero-order chi connectivity index (χ0) is 39.5. The summed E-state index contributed by atoms with van der Waals surface area (Å²) in [6.07, 6.45) is -6.38. The molecule has 1 saturated heterocycles. The van der Waals surface area contributed by atoms with Crippen LogP contribution in [-0.2, 0) is 41.8 Å². The molecule has 0 amide bonds. The lowest BCUT2D eigenvalue weighted by atomic mass is 9.92. The Hall–Kier alpha value is -5.75. The van der Waals surface area contributed by atoms with Gasteiger partial charge in [-0.2, -0.15) is 13.2 Å². The van der Waals surface area contributed by atoms with E-state index in [9.17, 15) is 31.1 Å². The van der Waals surface area contributed by atoms with Gasteiger partial charge in [0.05, 0.1) is 5.56 Å². The third-order valence-corrected chi connectivity index (χ3v) is 10.1. The lowest BCUT2D eigenvalue weighted by molar-refractivity contribution is -0.274. The molecule has 0 unspecified atom stereocenters. The summed E-state index contributed by atoms with van der Waals surface area (Å²) in [6, 6.07) is 30.7. The predicted molar refractivity (Wildman–Crippen MR) is 200 cm³/mol. The number of hydrogen-bond acceptors (Lipinski definition) is 5. The van der Waals surface area contributed by atoms with Crippen molar-refractivity contribution >= 4 is 17.4 Å². The van der Waals surface area contributed by atoms with Crippen LogP contribution in [0, 0.1) is 6.92 Å². The summed E-state index contributed by atoms with van der Waals surface area (Å²) >= 11 is 0. The fourth-order valence-electron chi connectivity index (χ4n) is 7.40. The van der Waals surface area contributed by atoms with Crippen LogP contribution in [0.2, 0.25) is 0 Å². The fraction of sp³-hybridized carbons (Fsp3) is 0.250. The Labute approximate surface area is 319 Å². The average Bonchev–Trinajstić information content (AvgIpc) is 3.75. The molecule has 1 aromatic heterocycles. The van der Waals surface area contributed by atoms with Crippen LogP contribution in [-0.4, -0.2) is 35.1 Å². The summed E-state index contributed by atoms with van der Waals surface area (Å²) < 4.78 is 99.8. The van der Waals surface area contributed by atoms with Gasteiger partial charge in [0.15, 0.2) is 6.23 Å². The second kappa shape index (κ2) is 16.2. The van der Waals surface area contributed by atoms with Crippen molar-refractivity contribution in [1.29, 1.82) is 0 Å². The van der Waals surface area contributed by atoms with E-state index >= 15 is 0 Å². The summed E-state index contributed by atoms with van der Waals surface area (Å²) in [7, 11) is 0. The molecule has 0 spiro atoms.